The molecule has 4 heteroatoms. The van der Waals surface area contributed by atoms with Crippen molar-refractivity contribution in [2.45, 2.75) is 20.4 Å². The van der Waals surface area contributed by atoms with Gasteiger partial charge in [0.15, 0.2) is 6.29 Å². The van der Waals surface area contributed by atoms with Crippen LogP contribution in [0.25, 0.3) is 11.3 Å². The first-order valence-corrected chi connectivity index (χ1v) is 5.91. The summed E-state index contributed by atoms with van der Waals surface area (Å²) in [5.74, 6) is 2.78. The highest BCUT2D eigenvalue weighted by Crippen LogP contribution is 2.28. The Hall–Kier alpha value is -2.54. The molecule has 0 atom stereocenters. The maximum atomic E-state index is 11.2. The van der Waals surface area contributed by atoms with E-state index in [1.807, 2.05) is 32.0 Å². The number of nitrogen functional groups attached to an aromatic ring is 1. The van der Waals surface area contributed by atoms with Crippen molar-refractivity contribution in [1.82, 2.24) is 9.78 Å². The van der Waals surface area contributed by atoms with Crippen LogP contribution in [0.3, 0.4) is 0 Å². The minimum absolute atomic E-state index is 0.248. The number of aryl methyl sites for hydroxylation is 2. The standard InChI is InChI=1S/C15H15N3O/c1-4-7-18-15(16)13(9-19)14(17-18)12-6-5-10(2)8-11(12)3/h1,5-6,8-9H,7,16H2,2-3H3. The molecule has 2 N–H and O–H groups in total. The molecule has 0 saturated heterocycles. The van der Waals surface area contributed by atoms with E-state index in [9.17, 15) is 4.79 Å². The number of terminal acetylenes is 1. The number of hydrogen-bond acceptors (Lipinski definition) is 3. The lowest BCUT2D eigenvalue weighted by Crippen LogP contribution is -2.03. The number of aromatic nitrogens is 2. The number of hydrogen-bond donors (Lipinski definition) is 1. The van der Waals surface area contributed by atoms with Crippen molar-refractivity contribution in [3.8, 4) is 23.6 Å². The van der Waals surface area contributed by atoms with E-state index >= 15 is 0 Å². The summed E-state index contributed by atoms with van der Waals surface area (Å²) in [4.78, 5) is 11.2. The van der Waals surface area contributed by atoms with Crippen LogP contribution in [-0.4, -0.2) is 16.1 Å². The van der Waals surface area contributed by atoms with E-state index in [2.05, 4.69) is 11.0 Å². The summed E-state index contributed by atoms with van der Waals surface area (Å²) in [5.41, 5.74) is 9.97. The van der Waals surface area contributed by atoms with Crippen LogP contribution in [0.1, 0.15) is 21.5 Å². The van der Waals surface area contributed by atoms with Gasteiger partial charge in [0.1, 0.15) is 18.1 Å². The van der Waals surface area contributed by atoms with E-state index in [1.54, 1.807) is 0 Å². The second kappa shape index (κ2) is 4.99. The largest absolute Gasteiger partial charge is 0.383 e. The average molecular weight is 253 g/mol. The number of rotatable bonds is 3. The van der Waals surface area contributed by atoms with E-state index in [-0.39, 0.29) is 6.54 Å². The molecular formula is C15H15N3O. The summed E-state index contributed by atoms with van der Waals surface area (Å²) < 4.78 is 1.47. The summed E-state index contributed by atoms with van der Waals surface area (Å²) in [6, 6.07) is 5.97. The Morgan fingerprint density at radius 1 is 1.47 bits per heavy atom. The van der Waals surface area contributed by atoms with E-state index in [4.69, 9.17) is 12.2 Å². The molecule has 4 nitrogen and oxygen atoms in total. The number of carbonyl (C=O) groups is 1. The minimum atomic E-state index is 0.248. The molecule has 19 heavy (non-hydrogen) atoms. The number of nitrogens with two attached hydrogens (primary N) is 1. The molecule has 0 amide bonds. The van der Waals surface area contributed by atoms with Gasteiger partial charge in [-0.3, -0.25) is 4.79 Å². The van der Waals surface area contributed by atoms with E-state index < -0.39 is 0 Å². The molecule has 1 aromatic heterocycles. The molecule has 0 fully saturated rings. The molecule has 0 aliphatic heterocycles. The van der Waals surface area contributed by atoms with Crippen LogP contribution >= 0.6 is 0 Å². The summed E-state index contributed by atoms with van der Waals surface area (Å²) in [6.45, 7) is 4.24. The lowest BCUT2D eigenvalue weighted by atomic mass is 10.0. The molecule has 2 aromatic rings. The van der Waals surface area contributed by atoms with Gasteiger partial charge in [-0.25, -0.2) is 4.68 Å². The summed E-state index contributed by atoms with van der Waals surface area (Å²) in [6.07, 6.45) is 5.99. The van der Waals surface area contributed by atoms with Gasteiger partial charge in [0.25, 0.3) is 0 Å². The smallest absolute Gasteiger partial charge is 0.156 e. The minimum Gasteiger partial charge on any atom is -0.383 e. The van der Waals surface area contributed by atoms with Gasteiger partial charge in [0.2, 0.25) is 0 Å². The van der Waals surface area contributed by atoms with Gasteiger partial charge in [0, 0.05) is 5.56 Å². The summed E-state index contributed by atoms with van der Waals surface area (Å²) >= 11 is 0. The maximum absolute atomic E-state index is 11.2. The fraction of sp³-hybridized carbons (Fsp3) is 0.200. The second-order valence-electron chi connectivity index (χ2n) is 4.45. The van der Waals surface area contributed by atoms with Crippen LogP contribution in [0.5, 0.6) is 0 Å². The highest BCUT2D eigenvalue weighted by Gasteiger charge is 2.17. The molecule has 0 radical (unpaired) electrons. The summed E-state index contributed by atoms with van der Waals surface area (Å²) in [5, 5.41) is 4.35. The van der Waals surface area contributed by atoms with Gasteiger partial charge in [-0.1, -0.05) is 29.7 Å². The average Bonchev–Trinajstić information content (AvgIpc) is 2.67. The molecule has 0 aliphatic carbocycles. The number of aldehydes is 1. The predicted octanol–water partition coefficient (Wildman–Crippen LogP) is 2.19. The Kier molecular flexibility index (Phi) is 3.39. The first kappa shape index (κ1) is 12.9. The maximum Gasteiger partial charge on any atom is 0.156 e. The van der Waals surface area contributed by atoms with Crippen molar-refractivity contribution in [2.24, 2.45) is 0 Å². The zero-order valence-electron chi connectivity index (χ0n) is 11.0. The first-order valence-electron chi connectivity index (χ1n) is 5.91. The van der Waals surface area contributed by atoms with Crippen LogP contribution in [0.15, 0.2) is 18.2 Å². The Bertz CT molecular complexity index is 677. The highest BCUT2D eigenvalue weighted by molar-refractivity contribution is 5.92. The van der Waals surface area contributed by atoms with E-state index in [0.717, 1.165) is 23.0 Å². The lowest BCUT2D eigenvalue weighted by molar-refractivity contribution is 0.112. The number of nitrogens with zero attached hydrogens (tertiary/aromatic N) is 2. The quantitative estimate of drug-likeness (QED) is 0.673. The zero-order valence-corrected chi connectivity index (χ0v) is 11.0. The topological polar surface area (TPSA) is 60.9 Å². The van der Waals surface area contributed by atoms with Gasteiger partial charge >= 0.3 is 0 Å². The lowest BCUT2D eigenvalue weighted by Gasteiger charge is -2.04. The van der Waals surface area contributed by atoms with Crippen molar-refractivity contribution in [1.29, 1.82) is 0 Å². The number of anilines is 1. The predicted molar refractivity (Wildman–Crippen MR) is 75.8 cm³/mol. The summed E-state index contributed by atoms with van der Waals surface area (Å²) in [7, 11) is 0. The third-order valence-corrected chi connectivity index (χ3v) is 3.03. The highest BCUT2D eigenvalue weighted by atomic mass is 16.1. The molecule has 0 saturated carbocycles. The Balaban J connectivity index is 2.65. The molecule has 0 spiro atoms. The number of benzene rings is 1. The molecule has 0 bridgehead atoms. The van der Waals surface area contributed by atoms with Crippen LogP contribution in [0, 0.1) is 26.2 Å². The Morgan fingerprint density at radius 3 is 2.79 bits per heavy atom. The van der Waals surface area contributed by atoms with Crippen molar-refractivity contribution < 1.29 is 4.79 Å². The molecule has 96 valence electrons. The van der Waals surface area contributed by atoms with Crippen molar-refractivity contribution in [3.63, 3.8) is 0 Å². The van der Waals surface area contributed by atoms with Crippen LogP contribution in [0.2, 0.25) is 0 Å². The fourth-order valence-electron chi connectivity index (χ4n) is 2.09. The van der Waals surface area contributed by atoms with Gasteiger partial charge in [-0.2, -0.15) is 5.10 Å². The normalized spacial score (nSPS) is 10.2. The zero-order chi connectivity index (χ0) is 14.0. The third-order valence-electron chi connectivity index (χ3n) is 3.03. The van der Waals surface area contributed by atoms with E-state index in [1.165, 1.54) is 4.68 Å². The monoisotopic (exact) mass is 253 g/mol. The van der Waals surface area contributed by atoms with Crippen LogP contribution < -0.4 is 5.73 Å². The van der Waals surface area contributed by atoms with Crippen LogP contribution in [0.4, 0.5) is 5.82 Å². The van der Waals surface area contributed by atoms with Gasteiger partial charge < -0.3 is 5.73 Å². The van der Waals surface area contributed by atoms with Gasteiger partial charge in [0.05, 0.1) is 5.56 Å². The molecule has 2 rings (SSSR count). The van der Waals surface area contributed by atoms with Crippen molar-refractivity contribution >= 4 is 12.1 Å². The molecule has 0 unspecified atom stereocenters. The Morgan fingerprint density at radius 2 is 2.21 bits per heavy atom. The number of carbonyl (C=O) groups excluding carboxylic acids is 1. The molecule has 1 heterocycles. The van der Waals surface area contributed by atoms with E-state index in [0.29, 0.717) is 17.1 Å². The van der Waals surface area contributed by atoms with Crippen molar-refractivity contribution in [3.05, 3.63) is 34.9 Å². The van der Waals surface area contributed by atoms with Gasteiger partial charge in [-0.15, -0.1) is 6.42 Å². The van der Waals surface area contributed by atoms with Gasteiger partial charge in [-0.05, 0) is 19.4 Å². The molecule has 0 aliphatic rings. The first-order chi connectivity index (χ1) is 9.08. The van der Waals surface area contributed by atoms with Crippen LogP contribution in [-0.2, 0) is 6.54 Å². The fourth-order valence-corrected chi connectivity index (χ4v) is 2.09. The third kappa shape index (κ3) is 2.23. The second-order valence-corrected chi connectivity index (χ2v) is 4.45. The molecule has 1 aromatic carbocycles. The SMILES string of the molecule is C#CCn1nc(-c2ccc(C)cc2C)c(C=O)c1N. The Labute approximate surface area is 112 Å². The van der Waals surface area contributed by atoms with Crippen molar-refractivity contribution in [2.75, 3.05) is 5.73 Å². The molecular weight excluding hydrogens is 238 g/mol.